The van der Waals surface area contributed by atoms with E-state index >= 15 is 0 Å². The fraction of sp³-hybridized carbons (Fsp3) is 0.385. The lowest BCUT2D eigenvalue weighted by molar-refractivity contribution is 0.0385. The number of piperazine rings is 1. The van der Waals surface area contributed by atoms with Crippen molar-refractivity contribution in [1.82, 2.24) is 14.8 Å². The predicted molar refractivity (Wildman–Crippen MR) is 125 cm³/mol. The summed E-state index contributed by atoms with van der Waals surface area (Å²) in [5, 5.41) is 11.7. The van der Waals surface area contributed by atoms with Crippen molar-refractivity contribution in [3.05, 3.63) is 66.5 Å². The highest BCUT2D eigenvalue weighted by Crippen LogP contribution is 2.29. The van der Waals surface area contributed by atoms with Gasteiger partial charge in [0, 0.05) is 62.3 Å². The zero-order valence-corrected chi connectivity index (χ0v) is 18.4. The number of carbonyl (C=O) groups is 1. The summed E-state index contributed by atoms with van der Waals surface area (Å²) in [6.45, 7) is 7.81. The summed E-state index contributed by atoms with van der Waals surface area (Å²) in [7, 11) is 0. The van der Waals surface area contributed by atoms with E-state index in [-0.39, 0.29) is 18.6 Å². The third-order valence-electron chi connectivity index (χ3n) is 6.05. The Hall–Kier alpha value is -2.76. The molecule has 3 aromatic rings. The van der Waals surface area contributed by atoms with Gasteiger partial charge in [0.15, 0.2) is 0 Å². The summed E-state index contributed by atoms with van der Waals surface area (Å²) in [4.78, 5) is 21.9. The lowest BCUT2D eigenvalue weighted by atomic mass is 9.97. The van der Waals surface area contributed by atoms with Crippen LogP contribution in [0.5, 0.6) is 0 Å². The Labute approximate surface area is 184 Å². The van der Waals surface area contributed by atoms with Crippen LogP contribution in [-0.4, -0.2) is 64.6 Å². The highest BCUT2D eigenvalue weighted by Gasteiger charge is 2.30. The molecule has 4 rings (SSSR count). The second kappa shape index (κ2) is 9.58. The van der Waals surface area contributed by atoms with Crippen LogP contribution in [0.1, 0.15) is 30.6 Å². The van der Waals surface area contributed by atoms with Gasteiger partial charge in [0.05, 0.1) is 0 Å². The van der Waals surface area contributed by atoms with E-state index in [0.29, 0.717) is 18.9 Å². The Kier molecular flexibility index (Phi) is 6.64. The van der Waals surface area contributed by atoms with E-state index in [9.17, 15) is 9.90 Å². The van der Waals surface area contributed by atoms with E-state index < -0.39 is 0 Å². The first-order valence-electron chi connectivity index (χ1n) is 11.1. The number of benzene rings is 2. The zero-order chi connectivity index (χ0) is 21.8. The molecule has 5 nitrogen and oxygen atoms in total. The average Bonchev–Trinajstić information content (AvgIpc) is 2.79. The van der Waals surface area contributed by atoms with E-state index in [1.807, 2.05) is 41.4 Å². The van der Waals surface area contributed by atoms with Gasteiger partial charge in [-0.05, 0) is 46.9 Å². The van der Waals surface area contributed by atoms with Crippen LogP contribution >= 0.6 is 0 Å². The molecular formula is C26H31N3O2. The maximum atomic E-state index is 13.3. The molecule has 1 saturated heterocycles. The first kappa shape index (κ1) is 21.5. The lowest BCUT2D eigenvalue weighted by Crippen LogP contribution is -2.55. The summed E-state index contributed by atoms with van der Waals surface area (Å²) in [5.41, 5.74) is 2.91. The van der Waals surface area contributed by atoms with Crippen LogP contribution in [0.25, 0.3) is 21.9 Å². The molecule has 0 radical (unpaired) electrons. The maximum absolute atomic E-state index is 13.3. The third kappa shape index (κ3) is 4.78. The molecule has 1 aliphatic rings. The van der Waals surface area contributed by atoms with Crippen LogP contribution in [-0.2, 0) is 0 Å². The molecule has 2 aromatic carbocycles. The number of aliphatic hydroxyl groups is 1. The number of rotatable bonds is 6. The van der Waals surface area contributed by atoms with Gasteiger partial charge in [-0.3, -0.25) is 14.7 Å². The van der Waals surface area contributed by atoms with Crippen molar-refractivity contribution in [2.24, 2.45) is 5.92 Å². The molecule has 2 heterocycles. The maximum Gasteiger partial charge on any atom is 0.253 e. The summed E-state index contributed by atoms with van der Waals surface area (Å²) in [6.07, 6.45) is 4.34. The van der Waals surface area contributed by atoms with Crippen LogP contribution in [0.15, 0.2) is 60.9 Å². The largest absolute Gasteiger partial charge is 0.396 e. The first-order chi connectivity index (χ1) is 15.1. The Morgan fingerprint density at radius 3 is 2.77 bits per heavy atom. The Morgan fingerprint density at radius 2 is 2.03 bits per heavy atom. The number of fused-ring (bicyclic) bond motifs is 1. The number of aliphatic hydroxyl groups excluding tert-OH is 1. The minimum atomic E-state index is 0.0702. The van der Waals surface area contributed by atoms with Gasteiger partial charge < -0.3 is 10.0 Å². The van der Waals surface area contributed by atoms with Gasteiger partial charge in [0.2, 0.25) is 0 Å². The number of hydrogen-bond donors (Lipinski definition) is 1. The van der Waals surface area contributed by atoms with Crippen molar-refractivity contribution in [3.63, 3.8) is 0 Å². The molecule has 1 N–H and O–H groups in total. The number of aromatic nitrogens is 1. The van der Waals surface area contributed by atoms with Crippen molar-refractivity contribution in [3.8, 4) is 11.1 Å². The van der Waals surface area contributed by atoms with Gasteiger partial charge in [0.1, 0.15) is 0 Å². The molecule has 5 heteroatoms. The highest BCUT2D eigenvalue weighted by molar-refractivity contribution is 6.02. The SMILES string of the molecule is CC(C)CN1CCN(C(=O)c2ccc3c(-c4cccnc4)cccc3c2)CC1CCO. The van der Waals surface area contributed by atoms with Gasteiger partial charge in [-0.2, -0.15) is 0 Å². The van der Waals surface area contributed by atoms with Crippen molar-refractivity contribution < 1.29 is 9.90 Å². The quantitative estimate of drug-likeness (QED) is 0.657. The van der Waals surface area contributed by atoms with E-state index in [1.54, 1.807) is 6.20 Å². The summed E-state index contributed by atoms with van der Waals surface area (Å²) < 4.78 is 0. The van der Waals surface area contributed by atoms with Gasteiger partial charge in [0.25, 0.3) is 5.91 Å². The third-order valence-corrected chi connectivity index (χ3v) is 6.05. The molecule has 162 valence electrons. The fourth-order valence-electron chi connectivity index (χ4n) is 4.58. The number of amides is 1. The Morgan fingerprint density at radius 1 is 1.16 bits per heavy atom. The summed E-state index contributed by atoms with van der Waals surface area (Å²) >= 11 is 0. The molecule has 0 bridgehead atoms. The molecule has 0 saturated carbocycles. The standard InChI is InChI=1S/C26H31N3O2/c1-19(2)17-28-12-13-29(18-23(28)10-14-30)26(31)21-8-9-25-20(15-21)5-3-7-24(25)22-6-4-11-27-16-22/h3-9,11,15-16,19,23,30H,10,12-14,17-18H2,1-2H3. The average molecular weight is 418 g/mol. The smallest absolute Gasteiger partial charge is 0.253 e. The summed E-state index contributed by atoms with van der Waals surface area (Å²) in [6, 6.07) is 16.4. The topological polar surface area (TPSA) is 56.7 Å². The molecule has 1 aromatic heterocycles. The molecule has 0 spiro atoms. The minimum Gasteiger partial charge on any atom is -0.396 e. The number of carbonyl (C=O) groups excluding carboxylic acids is 1. The number of pyridine rings is 1. The van der Waals surface area contributed by atoms with E-state index in [0.717, 1.165) is 47.1 Å². The van der Waals surface area contributed by atoms with Crippen LogP contribution < -0.4 is 0 Å². The van der Waals surface area contributed by atoms with Crippen LogP contribution in [0.3, 0.4) is 0 Å². The second-order valence-electron chi connectivity index (χ2n) is 8.79. The fourth-order valence-corrected chi connectivity index (χ4v) is 4.58. The Balaban J connectivity index is 1.57. The Bertz CT molecular complexity index is 1040. The van der Waals surface area contributed by atoms with Gasteiger partial charge in [-0.15, -0.1) is 0 Å². The van der Waals surface area contributed by atoms with Crippen LogP contribution in [0.4, 0.5) is 0 Å². The monoisotopic (exact) mass is 417 g/mol. The van der Waals surface area contributed by atoms with Crippen molar-refractivity contribution in [2.75, 3.05) is 32.8 Å². The van der Waals surface area contributed by atoms with E-state index in [1.165, 1.54) is 0 Å². The zero-order valence-electron chi connectivity index (χ0n) is 18.4. The van der Waals surface area contributed by atoms with Crippen molar-refractivity contribution in [2.45, 2.75) is 26.3 Å². The predicted octanol–water partition coefficient (Wildman–Crippen LogP) is 4.07. The molecule has 0 aliphatic carbocycles. The van der Waals surface area contributed by atoms with Crippen LogP contribution in [0.2, 0.25) is 0 Å². The van der Waals surface area contributed by atoms with Gasteiger partial charge in [-0.1, -0.05) is 44.2 Å². The molecule has 1 fully saturated rings. The van der Waals surface area contributed by atoms with Crippen LogP contribution in [0, 0.1) is 5.92 Å². The lowest BCUT2D eigenvalue weighted by Gasteiger charge is -2.42. The van der Waals surface area contributed by atoms with Gasteiger partial charge in [-0.25, -0.2) is 0 Å². The van der Waals surface area contributed by atoms with Crippen molar-refractivity contribution in [1.29, 1.82) is 0 Å². The summed E-state index contributed by atoms with van der Waals surface area (Å²) in [5.74, 6) is 0.638. The van der Waals surface area contributed by atoms with E-state index in [2.05, 4.69) is 41.9 Å². The molecule has 1 amide bonds. The minimum absolute atomic E-state index is 0.0702. The van der Waals surface area contributed by atoms with Crippen molar-refractivity contribution >= 4 is 16.7 Å². The first-order valence-corrected chi connectivity index (χ1v) is 11.1. The molecule has 1 atom stereocenters. The normalized spacial score (nSPS) is 17.4. The number of hydrogen-bond acceptors (Lipinski definition) is 4. The van der Waals surface area contributed by atoms with E-state index in [4.69, 9.17) is 0 Å². The number of nitrogens with zero attached hydrogens (tertiary/aromatic N) is 3. The molecule has 31 heavy (non-hydrogen) atoms. The highest BCUT2D eigenvalue weighted by atomic mass is 16.3. The molecule has 1 aliphatic heterocycles. The van der Waals surface area contributed by atoms with Gasteiger partial charge >= 0.3 is 0 Å². The molecule has 1 unspecified atom stereocenters. The second-order valence-corrected chi connectivity index (χ2v) is 8.79. The molecular weight excluding hydrogens is 386 g/mol.